The van der Waals surface area contributed by atoms with Crippen molar-refractivity contribution < 1.29 is 8.42 Å². The number of nitrogens with one attached hydrogen (secondary N) is 1. The van der Waals surface area contributed by atoms with Crippen LogP contribution in [0, 0.1) is 0 Å². The van der Waals surface area contributed by atoms with E-state index in [1.165, 1.54) is 16.8 Å². The number of aromatic amines is 1. The Labute approximate surface area is 133 Å². The maximum absolute atomic E-state index is 12.7. The molecule has 118 valence electrons. The second-order valence-corrected chi connectivity index (χ2v) is 7.55. The largest absolute Gasteiger partial charge is 0.262 e. The van der Waals surface area contributed by atoms with Crippen LogP contribution in [0.5, 0.6) is 0 Å². The molecule has 0 aromatic carbocycles. The molecule has 1 fully saturated rings. The smallest absolute Gasteiger partial charge is 0.219 e. The van der Waals surface area contributed by atoms with Gasteiger partial charge in [-0.05, 0) is 24.5 Å². The lowest BCUT2D eigenvalue weighted by Crippen LogP contribution is -2.39. The Morgan fingerprint density at radius 2 is 2.18 bits per heavy atom. The highest BCUT2D eigenvalue weighted by atomic mass is 35.5. The van der Waals surface area contributed by atoms with Crippen LogP contribution in [-0.2, 0) is 15.8 Å². The Morgan fingerprint density at radius 1 is 1.32 bits per heavy atom. The zero-order chi connectivity index (χ0) is 15.6. The van der Waals surface area contributed by atoms with Crippen LogP contribution in [0.3, 0.4) is 0 Å². The van der Waals surface area contributed by atoms with Crippen LogP contribution in [0.4, 0.5) is 0 Å². The number of halogens is 1. The minimum atomic E-state index is -3.46. The summed E-state index contributed by atoms with van der Waals surface area (Å²) in [6.45, 7) is 0.495. The Balaban J connectivity index is 1.84. The fraction of sp³-hybridized carbons (Fsp3) is 0.462. The van der Waals surface area contributed by atoms with Crippen LogP contribution >= 0.6 is 11.6 Å². The van der Waals surface area contributed by atoms with Crippen LogP contribution in [0.15, 0.2) is 24.7 Å². The van der Waals surface area contributed by atoms with Gasteiger partial charge < -0.3 is 0 Å². The van der Waals surface area contributed by atoms with Gasteiger partial charge in [0.1, 0.15) is 17.3 Å². The van der Waals surface area contributed by atoms with Crippen LogP contribution < -0.4 is 0 Å². The monoisotopic (exact) mass is 341 g/mol. The molecular formula is C13H16ClN5O2S. The van der Waals surface area contributed by atoms with Crippen LogP contribution in [0.25, 0.3) is 0 Å². The first-order valence-electron chi connectivity index (χ1n) is 7.01. The Kier molecular flexibility index (Phi) is 4.42. The van der Waals surface area contributed by atoms with Gasteiger partial charge in [-0.3, -0.25) is 5.10 Å². The van der Waals surface area contributed by atoms with Crippen molar-refractivity contribution in [1.82, 2.24) is 24.5 Å². The highest BCUT2D eigenvalue weighted by molar-refractivity contribution is 7.88. The molecule has 1 atom stereocenters. The number of pyridine rings is 1. The molecule has 1 aliphatic heterocycles. The number of rotatable bonds is 4. The predicted octanol–water partition coefficient (Wildman–Crippen LogP) is 1.91. The van der Waals surface area contributed by atoms with E-state index in [-0.39, 0.29) is 11.8 Å². The van der Waals surface area contributed by atoms with E-state index in [0.29, 0.717) is 23.1 Å². The van der Waals surface area contributed by atoms with Gasteiger partial charge in [0.15, 0.2) is 0 Å². The number of nitrogens with zero attached hydrogens (tertiary/aromatic N) is 4. The molecule has 0 unspecified atom stereocenters. The van der Waals surface area contributed by atoms with E-state index in [0.717, 1.165) is 19.3 Å². The van der Waals surface area contributed by atoms with Crippen molar-refractivity contribution in [2.75, 3.05) is 6.54 Å². The van der Waals surface area contributed by atoms with Gasteiger partial charge in [-0.2, -0.15) is 9.40 Å². The van der Waals surface area contributed by atoms with E-state index >= 15 is 0 Å². The summed E-state index contributed by atoms with van der Waals surface area (Å²) < 4.78 is 27.0. The van der Waals surface area contributed by atoms with Gasteiger partial charge in [-0.15, -0.1) is 0 Å². The first kappa shape index (κ1) is 15.4. The van der Waals surface area contributed by atoms with E-state index in [9.17, 15) is 8.42 Å². The Hall–Kier alpha value is -1.51. The molecule has 3 heterocycles. The Morgan fingerprint density at radius 3 is 2.86 bits per heavy atom. The van der Waals surface area contributed by atoms with E-state index in [4.69, 9.17) is 11.6 Å². The van der Waals surface area contributed by atoms with Crippen molar-refractivity contribution in [3.8, 4) is 0 Å². The van der Waals surface area contributed by atoms with Crippen molar-refractivity contribution in [2.24, 2.45) is 0 Å². The fourth-order valence-corrected chi connectivity index (χ4v) is 4.54. The maximum Gasteiger partial charge on any atom is 0.219 e. The summed E-state index contributed by atoms with van der Waals surface area (Å²) in [6.07, 6.45) is 5.46. The Bertz CT molecular complexity index is 717. The van der Waals surface area contributed by atoms with Crippen molar-refractivity contribution in [3.05, 3.63) is 41.2 Å². The number of H-pyrrole nitrogens is 1. The van der Waals surface area contributed by atoms with Gasteiger partial charge in [0.25, 0.3) is 0 Å². The molecule has 1 aliphatic rings. The van der Waals surface area contributed by atoms with Gasteiger partial charge in [0.05, 0.1) is 11.8 Å². The molecule has 0 saturated carbocycles. The lowest BCUT2D eigenvalue weighted by Gasteiger charge is -2.33. The third-order valence-electron chi connectivity index (χ3n) is 3.70. The fourth-order valence-electron chi connectivity index (χ4n) is 2.67. The quantitative estimate of drug-likeness (QED) is 0.857. The van der Waals surface area contributed by atoms with Gasteiger partial charge in [0.2, 0.25) is 10.0 Å². The number of hydrogen-bond donors (Lipinski definition) is 1. The molecule has 7 nitrogen and oxygen atoms in total. The predicted molar refractivity (Wildman–Crippen MR) is 81.6 cm³/mol. The average Bonchev–Trinajstić information content (AvgIpc) is 3.04. The van der Waals surface area contributed by atoms with E-state index in [1.807, 2.05) is 0 Å². The lowest BCUT2D eigenvalue weighted by molar-refractivity contribution is 0.246. The maximum atomic E-state index is 12.7. The van der Waals surface area contributed by atoms with Crippen molar-refractivity contribution in [3.63, 3.8) is 0 Å². The second kappa shape index (κ2) is 6.31. The number of hydrogen-bond acceptors (Lipinski definition) is 5. The summed E-state index contributed by atoms with van der Waals surface area (Å²) in [5.74, 6) is 0.499. The summed E-state index contributed by atoms with van der Waals surface area (Å²) in [5.41, 5.74) is 0.617. The van der Waals surface area contributed by atoms with Crippen molar-refractivity contribution in [1.29, 1.82) is 0 Å². The molecule has 1 N–H and O–H groups in total. The van der Waals surface area contributed by atoms with Crippen molar-refractivity contribution >= 4 is 21.6 Å². The average molecular weight is 342 g/mol. The SMILES string of the molecule is O=S(=O)(Cc1ccc(Cl)nc1)N1CCCC[C@@H]1c1ncn[nH]1. The first-order chi connectivity index (χ1) is 10.6. The molecule has 0 aliphatic carbocycles. The highest BCUT2D eigenvalue weighted by Crippen LogP contribution is 2.32. The number of sulfonamides is 1. The zero-order valence-corrected chi connectivity index (χ0v) is 13.4. The molecule has 1 saturated heterocycles. The molecule has 2 aromatic heterocycles. The third-order valence-corrected chi connectivity index (χ3v) is 5.77. The topological polar surface area (TPSA) is 91.8 Å². The van der Waals surface area contributed by atoms with Gasteiger partial charge in [-0.1, -0.05) is 24.1 Å². The first-order valence-corrected chi connectivity index (χ1v) is 9.00. The number of aromatic nitrogens is 4. The van der Waals surface area contributed by atoms with Gasteiger partial charge in [0, 0.05) is 12.7 Å². The minimum Gasteiger partial charge on any atom is -0.262 e. The molecule has 2 aromatic rings. The van der Waals surface area contributed by atoms with Gasteiger partial charge in [-0.25, -0.2) is 18.4 Å². The molecule has 0 bridgehead atoms. The summed E-state index contributed by atoms with van der Waals surface area (Å²) >= 11 is 5.73. The molecule has 22 heavy (non-hydrogen) atoms. The van der Waals surface area contributed by atoms with Gasteiger partial charge >= 0.3 is 0 Å². The third kappa shape index (κ3) is 3.29. The minimum absolute atomic E-state index is 0.0954. The van der Waals surface area contributed by atoms with Crippen molar-refractivity contribution in [2.45, 2.75) is 31.1 Å². The summed E-state index contributed by atoms with van der Waals surface area (Å²) in [7, 11) is -3.46. The lowest BCUT2D eigenvalue weighted by atomic mass is 10.0. The molecule has 0 spiro atoms. The van der Waals surface area contributed by atoms with Crippen LogP contribution in [0.2, 0.25) is 5.15 Å². The molecule has 0 amide bonds. The highest BCUT2D eigenvalue weighted by Gasteiger charge is 2.34. The second-order valence-electron chi connectivity index (χ2n) is 5.24. The summed E-state index contributed by atoms with van der Waals surface area (Å²) in [4.78, 5) is 8.05. The van der Waals surface area contributed by atoms with Crippen LogP contribution in [-0.4, -0.2) is 39.4 Å². The summed E-state index contributed by atoms with van der Waals surface area (Å²) in [5, 5.41) is 6.95. The van der Waals surface area contributed by atoms with E-state index < -0.39 is 10.0 Å². The zero-order valence-electron chi connectivity index (χ0n) is 11.8. The number of piperidine rings is 1. The van der Waals surface area contributed by atoms with E-state index in [2.05, 4.69) is 20.2 Å². The summed E-state index contributed by atoms with van der Waals surface area (Å²) in [6, 6.07) is 3.00. The molecule has 0 radical (unpaired) electrons. The standard InChI is InChI=1S/C13H16ClN5O2S/c14-12-5-4-10(7-15-12)8-22(20,21)19-6-2-1-3-11(19)13-16-9-17-18-13/h4-5,7,9,11H,1-3,6,8H2,(H,16,17,18)/t11-/m1/s1. The molecule has 9 heteroatoms. The van der Waals surface area contributed by atoms with E-state index in [1.54, 1.807) is 12.1 Å². The molecular weight excluding hydrogens is 326 g/mol. The van der Waals surface area contributed by atoms with Crippen LogP contribution in [0.1, 0.15) is 36.7 Å². The molecule has 3 rings (SSSR count). The normalized spacial score (nSPS) is 20.1.